The fourth-order valence-corrected chi connectivity index (χ4v) is 4.25. The van der Waals surface area contributed by atoms with Crippen LogP contribution in [0.3, 0.4) is 0 Å². The second-order valence-corrected chi connectivity index (χ2v) is 9.12. The lowest BCUT2D eigenvalue weighted by Gasteiger charge is -2.39. The van der Waals surface area contributed by atoms with Crippen LogP contribution in [0.25, 0.3) is 0 Å². The van der Waals surface area contributed by atoms with E-state index in [0.717, 1.165) is 11.8 Å². The number of aliphatic hydroxyl groups is 4. The Morgan fingerprint density at radius 1 is 1.16 bits per heavy atom. The summed E-state index contributed by atoms with van der Waals surface area (Å²) in [6, 6.07) is 4.36. The van der Waals surface area contributed by atoms with Gasteiger partial charge in [0.2, 0.25) is 11.8 Å². The van der Waals surface area contributed by atoms with Crippen molar-refractivity contribution in [3.05, 3.63) is 35.6 Å². The van der Waals surface area contributed by atoms with Crippen molar-refractivity contribution in [2.75, 3.05) is 32.6 Å². The first-order chi connectivity index (χ1) is 17.7. The number of carbonyl (C=O) groups excluding carboxylic acids is 3. The molecule has 2 rings (SSSR count). The summed E-state index contributed by atoms with van der Waals surface area (Å²) in [7, 11) is 1.37. The minimum atomic E-state index is -1.52. The molecule has 1 saturated heterocycles. The minimum Gasteiger partial charge on any atom is -0.394 e. The van der Waals surface area contributed by atoms with Gasteiger partial charge in [-0.2, -0.15) is 0 Å². The number of likely N-dealkylation sites (N-methyl/N-ethyl adjacent to an activating group) is 1. The van der Waals surface area contributed by atoms with Gasteiger partial charge in [0, 0.05) is 25.8 Å². The Morgan fingerprint density at radius 3 is 2.51 bits per heavy atom. The van der Waals surface area contributed by atoms with Crippen LogP contribution in [0.4, 0.5) is 4.39 Å². The van der Waals surface area contributed by atoms with Crippen LogP contribution in [0.15, 0.2) is 29.4 Å². The average Bonchev–Trinajstić information content (AvgIpc) is 2.89. The molecule has 1 aromatic carbocycles. The van der Waals surface area contributed by atoms with Crippen molar-refractivity contribution in [2.24, 2.45) is 5.16 Å². The highest BCUT2D eigenvalue weighted by molar-refractivity contribution is 7.99. The van der Waals surface area contributed by atoms with Gasteiger partial charge in [-0.3, -0.25) is 14.4 Å². The van der Waals surface area contributed by atoms with Gasteiger partial charge >= 0.3 is 0 Å². The van der Waals surface area contributed by atoms with Gasteiger partial charge in [0.05, 0.1) is 12.8 Å². The standard InChI is InChI=1S/C22H31FN4O9S/c1-24-21(34)14(9-25-17(30)11-35-26-8-12-2-4-13(23)5-3-12)27-16(29)6-7-37-22-20(33)19(32)18(31)15(10-28)36-22/h2-5,8,14-15,18-20,22,28,31-33H,6-7,9-11H2,1H3,(H,24,34)(H,25,30)(H,27,29)/b26-8-/t14?,15?,18-,19+,20?,22+/m1/s1/i23-1. The fraction of sp³-hybridized carbons (Fsp3) is 0.545. The molecule has 37 heavy (non-hydrogen) atoms. The number of benzene rings is 1. The van der Waals surface area contributed by atoms with E-state index in [1.165, 1.54) is 37.5 Å². The molecule has 6 atom stereocenters. The van der Waals surface area contributed by atoms with Crippen molar-refractivity contribution in [1.82, 2.24) is 16.0 Å². The third-order valence-electron chi connectivity index (χ3n) is 5.20. The number of oxime groups is 1. The molecule has 1 heterocycles. The highest BCUT2D eigenvalue weighted by Crippen LogP contribution is 2.28. The number of amides is 3. The zero-order valence-electron chi connectivity index (χ0n) is 19.9. The monoisotopic (exact) mass is 545 g/mol. The normalized spacial score (nSPS) is 24.3. The fourth-order valence-electron chi connectivity index (χ4n) is 3.13. The third kappa shape index (κ3) is 9.87. The van der Waals surface area contributed by atoms with E-state index >= 15 is 0 Å². The second kappa shape index (κ2) is 15.4. The molecule has 206 valence electrons. The predicted molar refractivity (Wildman–Crippen MR) is 130 cm³/mol. The van der Waals surface area contributed by atoms with Gasteiger partial charge in [0.1, 0.15) is 41.7 Å². The summed E-state index contributed by atoms with van der Waals surface area (Å²) < 4.78 is 18.2. The van der Waals surface area contributed by atoms with Crippen molar-refractivity contribution < 1.29 is 48.8 Å². The van der Waals surface area contributed by atoms with Crippen LogP contribution >= 0.6 is 11.8 Å². The molecular formula is C22H31FN4O9S. The SMILES string of the molecule is CNC(=O)C(CNC(=O)CO/N=C\c1ccc([18F])cc1)NC(=O)CCS[C@@H]1OC(CO)[C@@H](O)[C@H](O)C1O. The van der Waals surface area contributed by atoms with Crippen molar-refractivity contribution in [1.29, 1.82) is 0 Å². The minimum absolute atomic E-state index is 0.0949. The zero-order valence-corrected chi connectivity index (χ0v) is 20.8. The molecule has 3 unspecified atom stereocenters. The number of ether oxygens (including phenoxy) is 1. The summed E-state index contributed by atoms with van der Waals surface area (Å²) in [5.74, 6) is -1.95. The van der Waals surface area contributed by atoms with Crippen molar-refractivity contribution >= 4 is 35.7 Å². The summed E-state index contributed by atoms with van der Waals surface area (Å²) >= 11 is 0.994. The molecule has 15 heteroatoms. The molecule has 13 nitrogen and oxygen atoms in total. The smallest absolute Gasteiger partial charge is 0.260 e. The molecule has 0 aliphatic carbocycles. The molecular weight excluding hydrogens is 514 g/mol. The molecule has 7 N–H and O–H groups in total. The van der Waals surface area contributed by atoms with Crippen LogP contribution < -0.4 is 16.0 Å². The van der Waals surface area contributed by atoms with Crippen LogP contribution in [0, 0.1) is 5.82 Å². The van der Waals surface area contributed by atoms with Crippen LogP contribution in [0.2, 0.25) is 0 Å². The highest BCUT2D eigenvalue weighted by atomic mass is 32.2. The molecule has 0 bridgehead atoms. The summed E-state index contributed by atoms with van der Waals surface area (Å²) in [5, 5.41) is 49.8. The molecule has 0 aromatic heterocycles. The summed E-state index contributed by atoms with van der Waals surface area (Å²) in [4.78, 5) is 41.3. The number of thioether (sulfide) groups is 1. The van der Waals surface area contributed by atoms with Gasteiger partial charge in [0.15, 0.2) is 6.61 Å². The number of nitrogens with one attached hydrogen (secondary N) is 3. The molecule has 0 spiro atoms. The van der Waals surface area contributed by atoms with Gasteiger partial charge in [-0.15, -0.1) is 11.8 Å². The topological polar surface area (TPSA) is 199 Å². The lowest BCUT2D eigenvalue weighted by atomic mass is 10.0. The molecule has 1 aliphatic rings. The Morgan fingerprint density at radius 2 is 1.86 bits per heavy atom. The van der Waals surface area contributed by atoms with E-state index in [1.54, 1.807) is 0 Å². The number of aliphatic hydroxyl groups excluding tert-OH is 4. The van der Waals surface area contributed by atoms with E-state index in [4.69, 9.17) is 9.57 Å². The second-order valence-electron chi connectivity index (χ2n) is 7.92. The van der Waals surface area contributed by atoms with Gasteiger partial charge in [-0.25, -0.2) is 4.39 Å². The number of halogens is 1. The summed E-state index contributed by atoms with van der Waals surface area (Å²) in [6.45, 7) is -1.25. The highest BCUT2D eigenvalue weighted by Gasteiger charge is 2.43. The summed E-state index contributed by atoms with van der Waals surface area (Å²) in [5.41, 5.74) is -0.419. The number of rotatable bonds is 13. The summed E-state index contributed by atoms with van der Waals surface area (Å²) in [6.07, 6.45) is -4.28. The van der Waals surface area contributed by atoms with Crippen molar-refractivity contribution in [3.8, 4) is 0 Å². The quantitative estimate of drug-likeness (QED) is 0.102. The maximum absolute atomic E-state index is 12.9. The van der Waals surface area contributed by atoms with Crippen LogP contribution in [-0.4, -0.2) is 113 Å². The molecule has 1 aromatic rings. The maximum Gasteiger partial charge on any atom is 0.260 e. The number of carbonyl (C=O) groups is 3. The largest absolute Gasteiger partial charge is 0.394 e. The predicted octanol–water partition coefficient (Wildman–Crippen LogP) is -2.55. The number of hydrogen-bond donors (Lipinski definition) is 7. The van der Waals surface area contributed by atoms with Crippen molar-refractivity contribution in [3.63, 3.8) is 0 Å². The van der Waals surface area contributed by atoms with Gasteiger partial charge in [-0.1, -0.05) is 17.3 Å². The van der Waals surface area contributed by atoms with E-state index < -0.39 is 72.6 Å². The Bertz CT molecular complexity index is 922. The Labute approximate surface area is 216 Å². The molecule has 0 radical (unpaired) electrons. The average molecular weight is 546 g/mol. The molecule has 3 amide bonds. The first kappa shape index (κ1) is 30.4. The van der Waals surface area contributed by atoms with E-state index in [9.17, 15) is 39.2 Å². The lowest BCUT2D eigenvalue weighted by Crippen LogP contribution is -2.57. The number of hydrogen-bond acceptors (Lipinski definition) is 11. The van der Waals surface area contributed by atoms with Gasteiger partial charge in [-0.05, 0) is 17.7 Å². The van der Waals surface area contributed by atoms with E-state index in [1.807, 2.05) is 0 Å². The van der Waals surface area contributed by atoms with Crippen LogP contribution in [-0.2, 0) is 24.0 Å². The maximum atomic E-state index is 12.9. The Hall–Kier alpha value is -2.82. The lowest BCUT2D eigenvalue weighted by molar-refractivity contribution is -0.205. The molecule has 1 aliphatic heterocycles. The molecule has 1 fully saturated rings. The zero-order chi connectivity index (χ0) is 27.4. The third-order valence-corrected chi connectivity index (χ3v) is 6.36. The van der Waals surface area contributed by atoms with Gasteiger partial charge in [0.25, 0.3) is 5.91 Å². The van der Waals surface area contributed by atoms with E-state index in [-0.39, 0.29) is 18.7 Å². The van der Waals surface area contributed by atoms with Crippen LogP contribution in [0.1, 0.15) is 12.0 Å². The molecule has 0 saturated carbocycles. The van der Waals surface area contributed by atoms with E-state index in [0.29, 0.717) is 5.56 Å². The Balaban J connectivity index is 1.74. The number of nitrogens with zero attached hydrogens (tertiary/aromatic N) is 1. The first-order valence-electron chi connectivity index (χ1n) is 11.3. The van der Waals surface area contributed by atoms with E-state index in [2.05, 4.69) is 21.1 Å². The Kier molecular flexibility index (Phi) is 12.7. The van der Waals surface area contributed by atoms with Crippen molar-refractivity contribution in [2.45, 2.75) is 42.3 Å². The van der Waals surface area contributed by atoms with Crippen LogP contribution in [0.5, 0.6) is 0 Å². The first-order valence-corrected chi connectivity index (χ1v) is 12.3. The van der Waals surface area contributed by atoms with Gasteiger partial charge < -0.3 is 46.0 Å².